The molecule has 2 aromatic carbocycles. The van der Waals surface area contributed by atoms with E-state index in [-0.39, 0.29) is 12.0 Å². The van der Waals surface area contributed by atoms with Gasteiger partial charge in [0.05, 0.1) is 12.8 Å². The van der Waals surface area contributed by atoms with Crippen LogP contribution in [0.25, 0.3) is 0 Å². The van der Waals surface area contributed by atoms with E-state index < -0.39 is 0 Å². The molecule has 3 aromatic rings. The molecule has 3 nitrogen and oxygen atoms in total. The van der Waals surface area contributed by atoms with Gasteiger partial charge in [-0.25, -0.2) is 0 Å². The van der Waals surface area contributed by atoms with E-state index in [9.17, 15) is 0 Å². The van der Waals surface area contributed by atoms with Gasteiger partial charge in [-0.05, 0) is 23.8 Å². The number of aromatic nitrogens is 1. The highest BCUT2D eigenvalue weighted by atomic mass is 16.5. The fourth-order valence-electron chi connectivity index (χ4n) is 3.37. The third-order valence-electron chi connectivity index (χ3n) is 4.53. The Kier molecular flexibility index (Phi) is 3.91. The fourth-order valence-corrected chi connectivity index (χ4v) is 3.37. The van der Waals surface area contributed by atoms with Crippen LogP contribution in [0.2, 0.25) is 0 Å². The summed E-state index contributed by atoms with van der Waals surface area (Å²) in [6.07, 6.45) is 2.59. The van der Waals surface area contributed by atoms with Gasteiger partial charge in [0.15, 0.2) is 11.5 Å². The van der Waals surface area contributed by atoms with Crippen molar-refractivity contribution in [3.8, 4) is 11.5 Å². The van der Waals surface area contributed by atoms with Crippen LogP contribution in [-0.4, -0.2) is 12.1 Å². The van der Waals surface area contributed by atoms with E-state index in [2.05, 4.69) is 35.3 Å². The molecule has 0 unspecified atom stereocenters. The number of hydrogen-bond donors (Lipinski definition) is 0. The van der Waals surface area contributed by atoms with Gasteiger partial charge >= 0.3 is 0 Å². The third kappa shape index (κ3) is 2.62. The van der Waals surface area contributed by atoms with Gasteiger partial charge in [-0.2, -0.15) is 0 Å². The molecule has 24 heavy (non-hydrogen) atoms. The first-order valence-corrected chi connectivity index (χ1v) is 8.16. The number of pyridine rings is 1. The Bertz CT molecular complexity index is 818. The maximum atomic E-state index is 6.30. The molecule has 1 aromatic heterocycles. The number of benzene rings is 2. The van der Waals surface area contributed by atoms with E-state index in [0.717, 1.165) is 23.6 Å². The summed E-state index contributed by atoms with van der Waals surface area (Å²) in [7, 11) is 1.68. The monoisotopic (exact) mass is 317 g/mol. The van der Waals surface area contributed by atoms with Gasteiger partial charge in [-0.3, -0.25) is 4.98 Å². The molecule has 0 saturated heterocycles. The molecule has 1 aliphatic rings. The van der Waals surface area contributed by atoms with Crippen LogP contribution < -0.4 is 9.47 Å². The first kappa shape index (κ1) is 14.8. The fraction of sp³-hybridized carbons (Fsp3) is 0.190. The van der Waals surface area contributed by atoms with Crippen LogP contribution >= 0.6 is 0 Å². The maximum absolute atomic E-state index is 6.30. The predicted octanol–water partition coefficient (Wildman–Crippen LogP) is 4.75. The molecule has 0 bridgehead atoms. The van der Waals surface area contributed by atoms with Crippen molar-refractivity contribution in [2.45, 2.75) is 18.4 Å². The third-order valence-corrected chi connectivity index (χ3v) is 4.53. The van der Waals surface area contributed by atoms with E-state index in [1.807, 2.05) is 42.6 Å². The highest BCUT2D eigenvalue weighted by Crippen LogP contribution is 2.48. The number of hydrogen-bond acceptors (Lipinski definition) is 3. The zero-order valence-electron chi connectivity index (χ0n) is 13.6. The average Bonchev–Trinajstić information content (AvgIpc) is 2.68. The molecular weight excluding hydrogens is 298 g/mol. The lowest BCUT2D eigenvalue weighted by atomic mass is 9.83. The molecule has 2 atom stereocenters. The van der Waals surface area contributed by atoms with E-state index in [0.29, 0.717) is 0 Å². The number of ether oxygens (including phenoxy) is 2. The molecule has 0 spiro atoms. The maximum Gasteiger partial charge on any atom is 0.165 e. The van der Waals surface area contributed by atoms with Gasteiger partial charge in [0.25, 0.3) is 0 Å². The van der Waals surface area contributed by atoms with E-state index in [4.69, 9.17) is 9.47 Å². The molecular formula is C21H19NO2. The zero-order chi connectivity index (χ0) is 16.4. The number of rotatable bonds is 3. The summed E-state index contributed by atoms with van der Waals surface area (Å²) in [6.45, 7) is 0. The molecule has 0 saturated carbocycles. The minimum absolute atomic E-state index is 0.0831. The van der Waals surface area contributed by atoms with Crippen LogP contribution in [0, 0.1) is 0 Å². The van der Waals surface area contributed by atoms with Crippen molar-refractivity contribution in [3.05, 3.63) is 89.7 Å². The molecule has 0 radical (unpaired) electrons. The van der Waals surface area contributed by atoms with Gasteiger partial charge < -0.3 is 9.47 Å². The lowest BCUT2D eigenvalue weighted by Crippen LogP contribution is -2.21. The quantitative estimate of drug-likeness (QED) is 0.699. The summed E-state index contributed by atoms with van der Waals surface area (Å²) in [5, 5.41) is 0. The highest BCUT2D eigenvalue weighted by Gasteiger charge is 2.32. The first-order valence-electron chi connectivity index (χ1n) is 8.16. The van der Waals surface area contributed by atoms with Crippen molar-refractivity contribution in [1.82, 2.24) is 4.98 Å². The predicted molar refractivity (Wildman–Crippen MR) is 93.5 cm³/mol. The Balaban J connectivity index is 1.82. The van der Waals surface area contributed by atoms with E-state index in [1.165, 1.54) is 11.1 Å². The number of fused-ring (bicyclic) bond motifs is 1. The van der Waals surface area contributed by atoms with Gasteiger partial charge in [0, 0.05) is 24.1 Å². The van der Waals surface area contributed by atoms with Crippen molar-refractivity contribution in [1.29, 1.82) is 0 Å². The van der Waals surface area contributed by atoms with Crippen LogP contribution in [0.1, 0.15) is 35.3 Å². The van der Waals surface area contributed by atoms with E-state index >= 15 is 0 Å². The normalized spacial score (nSPS) is 19.2. The van der Waals surface area contributed by atoms with Crippen LogP contribution in [0.3, 0.4) is 0 Å². The second kappa shape index (κ2) is 6.36. The molecule has 0 fully saturated rings. The second-order valence-electron chi connectivity index (χ2n) is 5.94. The molecule has 3 heteroatoms. The SMILES string of the molecule is COc1cccc2c1O[C@H](c1ccccn1)C[C@@H]2c1ccccc1. The van der Waals surface area contributed by atoms with Crippen molar-refractivity contribution in [2.24, 2.45) is 0 Å². The minimum Gasteiger partial charge on any atom is -0.493 e. The number of nitrogens with zero attached hydrogens (tertiary/aromatic N) is 1. The van der Waals surface area contributed by atoms with Crippen LogP contribution in [-0.2, 0) is 0 Å². The Morgan fingerprint density at radius 1 is 0.958 bits per heavy atom. The summed E-state index contributed by atoms with van der Waals surface area (Å²) in [5.74, 6) is 1.86. The Morgan fingerprint density at radius 2 is 1.79 bits per heavy atom. The molecule has 4 rings (SSSR count). The standard InChI is InChI=1S/C21H19NO2/c1-23-19-12-7-10-16-17(15-8-3-2-4-9-15)14-20(24-21(16)19)18-11-5-6-13-22-18/h2-13,17,20H,14H2,1H3/t17-,20+/m1/s1. The average molecular weight is 317 g/mol. The highest BCUT2D eigenvalue weighted by molar-refractivity contribution is 5.52. The van der Waals surface area contributed by atoms with Crippen molar-refractivity contribution in [2.75, 3.05) is 7.11 Å². The molecule has 1 aliphatic heterocycles. The topological polar surface area (TPSA) is 31.4 Å². The summed E-state index contributed by atoms with van der Waals surface area (Å²) < 4.78 is 11.8. The molecule has 0 aliphatic carbocycles. The lowest BCUT2D eigenvalue weighted by Gasteiger charge is -2.33. The summed E-state index contributed by atoms with van der Waals surface area (Å²) in [6, 6.07) is 22.6. The van der Waals surface area contributed by atoms with Gasteiger partial charge in [-0.15, -0.1) is 0 Å². The summed E-state index contributed by atoms with van der Waals surface area (Å²) >= 11 is 0. The smallest absolute Gasteiger partial charge is 0.165 e. The van der Waals surface area contributed by atoms with Gasteiger partial charge in [0.1, 0.15) is 6.10 Å². The minimum atomic E-state index is -0.0831. The van der Waals surface area contributed by atoms with Crippen LogP contribution in [0.4, 0.5) is 0 Å². The van der Waals surface area contributed by atoms with Crippen molar-refractivity contribution in [3.63, 3.8) is 0 Å². The second-order valence-corrected chi connectivity index (χ2v) is 5.94. The molecule has 120 valence electrons. The van der Waals surface area contributed by atoms with Gasteiger partial charge in [0.2, 0.25) is 0 Å². The largest absolute Gasteiger partial charge is 0.493 e. The molecule has 0 amide bonds. The zero-order valence-corrected chi connectivity index (χ0v) is 13.6. The summed E-state index contributed by atoms with van der Waals surface area (Å²) in [5.41, 5.74) is 3.42. The first-order chi connectivity index (χ1) is 11.9. The van der Waals surface area contributed by atoms with E-state index in [1.54, 1.807) is 7.11 Å². The molecule has 2 heterocycles. The number of methoxy groups -OCH3 is 1. The van der Waals surface area contributed by atoms with Crippen LogP contribution in [0.15, 0.2) is 72.9 Å². The Hall–Kier alpha value is -2.81. The Labute approximate surface area is 141 Å². The Morgan fingerprint density at radius 3 is 2.54 bits per heavy atom. The van der Waals surface area contributed by atoms with Gasteiger partial charge in [-0.1, -0.05) is 48.5 Å². The molecule has 0 N–H and O–H groups in total. The number of para-hydroxylation sites is 1. The lowest BCUT2D eigenvalue weighted by molar-refractivity contribution is 0.156. The van der Waals surface area contributed by atoms with Crippen molar-refractivity contribution < 1.29 is 9.47 Å². The van der Waals surface area contributed by atoms with Crippen LogP contribution in [0.5, 0.6) is 11.5 Å². The summed E-state index contributed by atoms with van der Waals surface area (Å²) in [4.78, 5) is 4.49. The van der Waals surface area contributed by atoms with Crippen molar-refractivity contribution >= 4 is 0 Å².